The molecule has 5 heteroatoms. The van der Waals surface area contributed by atoms with Crippen LogP contribution >= 0.6 is 0 Å². The largest absolute Gasteiger partial charge is 0.369 e. The van der Waals surface area contributed by atoms with E-state index in [0.29, 0.717) is 5.96 Å². The fraction of sp³-hybridized carbons (Fsp3) is 0.300. The number of nitrogens with one attached hydrogen (secondary N) is 1. The van der Waals surface area contributed by atoms with Crippen molar-refractivity contribution in [1.82, 2.24) is 10.4 Å². The average molecular weight is 205 g/mol. The summed E-state index contributed by atoms with van der Waals surface area (Å²) < 4.78 is 0. The Morgan fingerprint density at radius 3 is 2.67 bits per heavy atom. The summed E-state index contributed by atoms with van der Waals surface area (Å²) in [5.74, 6) is 0.385. The maximum absolute atomic E-state index is 5.73. The summed E-state index contributed by atoms with van der Waals surface area (Å²) >= 11 is 0. The summed E-state index contributed by atoms with van der Waals surface area (Å²) in [6.45, 7) is 0.787. The number of nitrogens with two attached hydrogens (primary N) is 2. The van der Waals surface area contributed by atoms with E-state index < -0.39 is 0 Å². The molecule has 0 saturated carbocycles. The summed E-state index contributed by atoms with van der Waals surface area (Å²) in [6, 6.07) is 10.2. The normalized spacial score (nSPS) is 21.1. The van der Waals surface area contributed by atoms with Crippen LogP contribution in [0.3, 0.4) is 0 Å². The maximum Gasteiger partial charge on any atom is 0.206 e. The van der Waals surface area contributed by atoms with Gasteiger partial charge in [0.1, 0.15) is 0 Å². The first-order chi connectivity index (χ1) is 7.25. The third-order valence-corrected chi connectivity index (χ3v) is 2.33. The van der Waals surface area contributed by atoms with Crippen molar-refractivity contribution in [3.63, 3.8) is 0 Å². The van der Waals surface area contributed by atoms with E-state index in [2.05, 4.69) is 22.6 Å². The van der Waals surface area contributed by atoms with Gasteiger partial charge in [-0.1, -0.05) is 30.3 Å². The zero-order valence-electron chi connectivity index (χ0n) is 8.43. The molecule has 5 nitrogen and oxygen atoms in total. The lowest BCUT2D eigenvalue weighted by molar-refractivity contribution is 0.195. The van der Waals surface area contributed by atoms with Gasteiger partial charge in [-0.2, -0.15) is 5.01 Å². The fourth-order valence-corrected chi connectivity index (χ4v) is 1.54. The molecule has 15 heavy (non-hydrogen) atoms. The molecule has 5 N–H and O–H groups in total. The number of rotatable bonds is 3. The van der Waals surface area contributed by atoms with E-state index in [0.717, 1.165) is 13.0 Å². The maximum atomic E-state index is 5.73. The van der Waals surface area contributed by atoms with E-state index >= 15 is 0 Å². The van der Waals surface area contributed by atoms with Crippen molar-refractivity contribution in [2.45, 2.75) is 12.7 Å². The van der Waals surface area contributed by atoms with Crippen LogP contribution in [0.4, 0.5) is 0 Å². The van der Waals surface area contributed by atoms with Crippen molar-refractivity contribution in [3.8, 4) is 0 Å². The van der Waals surface area contributed by atoms with Crippen molar-refractivity contribution in [3.05, 3.63) is 35.9 Å². The Kier molecular flexibility index (Phi) is 2.84. The molecule has 0 amide bonds. The highest BCUT2D eigenvalue weighted by molar-refractivity contribution is 5.78. The summed E-state index contributed by atoms with van der Waals surface area (Å²) in [6.07, 6.45) is 0.554. The fourth-order valence-electron chi connectivity index (χ4n) is 1.54. The third-order valence-electron chi connectivity index (χ3n) is 2.33. The lowest BCUT2D eigenvalue weighted by Gasteiger charge is -2.19. The second-order valence-electron chi connectivity index (χ2n) is 3.47. The monoisotopic (exact) mass is 205 g/mol. The van der Waals surface area contributed by atoms with E-state index in [4.69, 9.17) is 11.5 Å². The average Bonchev–Trinajstić information content (AvgIpc) is 2.56. The van der Waals surface area contributed by atoms with Crippen molar-refractivity contribution < 1.29 is 0 Å². The highest BCUT2D eigenvalue weighted by Gasteiger charge is 2.19. The highest BCUT2D eigenvalue weighted by Crippen LogP contribution is 2.03. The van der Waals surface area contributed by atoms with Gasteiger partial charge >= 0.3 is 0 Å². The lowest BCUT2D eigenvalue weighted by Crippen LogP contribution is -2.47. The number of benzene rings is 1. The van der Waals surface area contributed by atoms with Gasteiger partial charge in [-0.05, 0) is 12.0 Å². The van der Waals surface area contributed by atoms with Crippen LogP contribution in [0.5, 0.6) is 0 Å². The highest BCUT2D eigenvalue weighted by atomic mass is 15.6. The van der Waals surface area contributed by atoms with E-state index in [1.807, 2.05) is 23.2 Å². The number of nitrogens with zero attached hydrogens (tertiary/aromatic N) is 2. The zero-order chi connectivity index (χ0) is 10.7. The molecule has 1 aromatic carbocycles. The van der Waals surface area contributed by atoms with E-state index in [-0.39, 0.29) is 6.29 Å². The van der Waals surface area contributed by atoms with Crippen LogP contribution in [0.15, 0.2) is 35.3 Å². The predicted molar refractivity (Wildman–Crippen MR) is 59.6 cm³/mol. The third kappa shape index (κ3) is 2.45. The number of hydrazine groups is 1. The van der Waals surface area contributed by atoms with Crippen molar-refractivity contribution in [2.75, 3.05) is 6.54 Å². The van der Waals surface area contributed by atoms with Gasteiger partial charge in [0.05, 0.1) is 0 Å². The summed E-state index contributed by atoms with van der Waals surface area (Å²) in [4.78, 5) is 3.97. The Morgan fingerprint density at radius 1 is 1.33 bits per heavy atom. The Bertz CT molecular complexity index is 348. The van der Waals surface area contributed by atoms with Gasteiger partial charge in [0.2, 0.25) is 5.96 Å². The first-order valence-corrected chi connectivity index (χ1v) is 4.92. The molecule has 80 valence electrons. The molecule has 0 saturated heterocycles. The SMILES string of the molecule is NC1=NC(N)N(CCc2ccccc2)N1. The van der Waals surface area contributed by atoms with Gasteiger partial charge in [0.15, 0.2) is 6.29 Å². The standard InChI is InChI=1S/C10H15N5/c11-9-13-10(12)15(14-9)7-6-8-4-2-1-3-5-8/h1-5,10H,6-7,12H2,(H3,11,13,14). The summed E-state index contributed by atoms with van der Waals surface area (Å²) in [5.41, 5.74) is 15.4. The Hall–Kier alpha value is -1.59. The summed E-state index contributed by atoms with van der Waals surface area (Å²) in [5, 5.41) is 1.82. The Labute approximate surface area is 88.7 Å². The van der Waals surface area contributed by atoms with Crippen LogP contribution in [0.1, 0.15) is 5.56 Å². The molecule has 1 atom stereocenters. The molecule has 0 bridgehead atoms. The molecule has 0 spiro atoms. The van der Waals surface area contributed by atoms with Gasteiger partial charge < -0.3 is 5.73 Å². The summed E-state index contributed by atoms with van der Waals surface area (Å²) in [7, 11) is 0. The second-order valence-corrected chi connectivity index (χ2v) is 3.47. The van der Waals surface area contributed by atoms with E-state index in [1.165, 1.54) is 5.56 Å². The Morgan fingerprint density at radius 2 is 2.07 bits per heavy atom. The van der Waals surface area contributed by atoms with E-state index in [1.54, 1.807) is 0 Å². The van der Waals surface area contributed by atoms with Crippen LogP contribution in [0.25, 0.3) is 0 Å². The molecular weight excluding hydrogens is 190 g/mol. The topological polar surface area (TPSA) is 79.7 Å². The molecule has 0 fully saturated rings. The van der Waals surface area contributed by atoms with Crippen LogP contribution < -0.4 is 16.9 Å². The molecule has 2 rings (SSSR count). The molecule has 1 aliphatic heterocycles. The van der Waals surface area contributed by atoms with Gasteiger partial charge in [-0.15, -0.1) is 0 Å². The van der Waals surface area contributed by atoms with Crippen LogP contribution in [-0.2, 0) is 6.42 Å². The predicted octanol–water partition coefficient (Wildman–Crippen LogP) is -0.394. The number of guanidine groups is 1. The molecule has 1 aromatic rings. The molecule has 0 aromatic heterocycles. The van der Waals surface area contributed by atoms with Gasteiger partial charge in [-0.3, -0.25) is 11.2 Å². The first-order valence-electron chi connectivity index (χ1n) is 4.92. The number of aliphatic imine (C=N–C) groups is 1. The quantitative estimate of drug-likeness (QED) is 0.627. The molecule has 1 heterocycles. The van der Waals surface area contributed by atoms with Gasteiger partial charge in [0.25, 0.3) is 0 Å². The first kappa shape index (κ1) is 9.95. The second kappa shape index (κ2) is 4.29. The minimum absolute atomic E-state index is 0.367. The van der Waals surface area contributed by atoms with Crippen LogP contribution in [-0.4, -0.2) is 23.8 Å². The molecule has 1 unspecified atom stereocenters. The smallest absolute Gasteiger partial charge is 0.206 e. The van der Waals surface area contributed by atoms with Crippen molar-refractivity contribution in [2.24, 2.45) is 16.5 Å². The minimum Gasteiger partial charge on any atom is -0.369 e. The molecular formula is C10H15N5. The molecule has 0 aliphatic carbocycles. The molecule has 0 radical (unpaired) electrons. The lowest BCUT2D eigenvalue weighted by atomic mass is 10.1. The van der Waals surface area contributed by atoms with E-state index in [9.17, 15) is 0 Å². The van der Waals surface area contributed by atoms with Crippen LogP contribution in [0, 0.1) is 0 Å². The number of hydrogen-bond donors (Lipinski definition) is 3. The van der Waals surface area contributed by atoms with Gasteiger partial charge in [-0.25, -0.2) is 4.99 Å². The zero-order valence-corrected chi connectivity index (χ0v) is 8.43. The minimum atomic E-state index is -0.367. The van der Waals surface area contributed by atoms with Gasteiger partial charge in [0, 0.05) is 6.54 Å². The Balaban J connectivity index is 1.85. The van der Waals surface area contributed by atoms with Crippen molar-refractivity contribution >= 4 is 5.96 Å². The number of hydrogen-bond acceptors (Lipinski definition) is 5. The van der Waals surface area contributed by atoms with Crippen LogP contribution in [0.2, 0.25) is 0 Å². The molecule has 1 aliphatic rings. The van der Waals surface area contributed by atoms with Crippen molar-refractivity contribution in [1.29, 1.82) is 0 Å².